The maximum Gasteiger partial charge on any atom is 0.220 e. The molecule has 132 valence electrons. The zero-order valence-corrected chi connectivity index (χ0v) is 14.4. The summed E-state index contributed by atoms with van der Waals surface area (Å²) in [6.45, 7) is 0.466. The number of hydrogen-bond acceptors (Lipinski definition) is 3. The van der Waals surface area contributed by atoms with E-state index < -0.39 is 5.60 Å². The van der Waals surface area contributed by atoms with Crippen LogP contribution in [0.15, 0.2) is 30.6 Å². The highest BCUT2D eigenvalue weighted by molar-refractivity contribution is 5.76. The summed E-state index contributed by atoms with van der Waals surface area (Å²) in [7, 11) is 0. The summed E-state index contributed by atoms with van der Waals surface area (Å²) in [5, 5.41) is 13.9. The molecule has 2 unspecified atom stereocenters. The van der Waals surface area contributed by atoms with Crippen molar-refractivity contribution >= 4 is 11.6 Å². The second-order valence-corrected chi connectivity index (χ2v) is 8.84. The maximum absolute atomic E-state index is 12.6. The quantitative estimate of drug-likeness (QED) is 0.900. The van der Waals surface area contributed by atoms with Gasteiger partial charge in [-0.05, 0) is 67.9 Å². The van der Waals surface area contributed by atoms with Crippen LogP contribution in [0.4, 0.5) is 0 Å². The molecule has 2 heterocycles. The highest BCUT2D eigenvalue weighted by Gasteiger charge is 2.57. The van der Waals surface area contributed by atoms with Crippen LogP contribution in [0.5, 0.6) is 0 Å². The van der Waals surface area contributed by atoms with E-state index in [4.69, 9.17) is 0 Å². The number of amides is 1. The maximum atomic E-state index is 12.6. The first kappa shape index (κ1) is 15.4. The van der Waals surface area contributed by atoms with Crippen molar-refractivity contribution in [3.05, 3.63) is 36.3 Å². The van der Waals surface area contributed by atoms with E-state index in [1.54, 1.807) is 0 Å². The molecule has 2 aromatic rings. The van der Waals surface area contributed by atoms with E-state index in [1.165, 1.54) is 6.42 Å². The molecule has 4 bridgehead atoms. The second-order valence-electron chi connectivity index (χ2n) is 8.84. The number of aliphatic hydroxyl groups is 1. The van der Waals surface area contributed by atoms with Gasteiger partial charge in [-0.3, -0.25) is 4.79 Å². The molecule has 4 saturated carbocycles. The van der Waals surface area contributed by atoms with Crippen molar-refractivity contribution in [1.29, 1.82) is 0 Å². The van der Waals surface area contributed by atoms with Crippen LogP contribution in [0.25, 0.3) is 5.65 Å². The molecule has 0 saturated heterocycles. The Morgan fingerprint density at radius 1 is 1.28 bits per heavy atom. The molecule has 0 aromatic carbocycles. The molecule has 2 N–H and O–H groups in total. The van der Waals surface area contributed by atoms with Gasteiger partial charge in [0, 0.05) is 18.8 Å². The molecule has 5 nitrogen and oxygen atoms in total. The van der Waals surface area contributed by atoms with E-state index in [1.807, 2.05) is 35.0 Å². The largest absolute Gasteiger partial charge is 0.390 e. The Morgan fingerprint density at radius 2 is 2.08 bits per heavy atom. The van der Waals surface area contributed by atoms with Crippen molar-refractivity contribution in [3.8, 4) is 0 Å². The molecule has 0 radical (unpaired) electrons. The topological polar surface area (TPSA) is 66.6 Å². The summed E-state index contributed by atoms with van der Waals surface area (Å²) in [5.41, 5.74) is 1.31. The van der Waals surface area contributed by atoms with Gasteiger partial charge >= 0.3 is 0 Å². The third kappa shape index (κ3) is 2.74. The van der Waals surface area contributed by atoms with E-state index in [-0.39, 0.29) is 11.3 Å². The molecule has 0 aliphatic heterocycles. The lowest BCUT2D eigenvalue weighted by Gasteiger charge is -2.60. The van der Waals surface area contributed by atoms with Gasteiger partial charge in [-0.15, -0.1) is 0 Å². The average Bonchev–Trinajstić information content (AvgIpc) is 2.93. The molecule has 25 heavy (non-hydrogen) atoms. The van der Waals surface area contributed by atoms with Gasteiger partial charge in [0.05, 0.1) is 17.8 Å². The van der Waals surface area contributed by atoms with Crippen molar-refractivity contribution in [3.63, 3.8) is 0 Å². The summed E-state index contributed by atoms with van der Waals surface area (Å²) >= 11 is 0. The number of nitrogens with zero attached hydrogens (tertiary/aromatic N) is 2. The van der Waals surface area contributed by atoms with E-state index in [2.05, 4.69) is 10.3 Å². The first-order valence-electron chi connectivity index (χ1n) is 9.43. The molecule has 0 spiro atoms. The molecule has 5 heteroatoms. The lowest BCUT2D eigenvalue weighted by atomic mass is 9.47. The first-order chi connectivity index (χ1) is 12.0. The summed E-state index contributed by atoms with van der Waals surface area (Å²) in [6.07, 6.45) is 10.7. The van der Waals surface area contributed by atoms with E-state index >= 15 is 0 Å². The van der Waals surface area contributed by atoms with Crippen molar-refractivity contribution in [1.82, 2.24) is 14.7 Å². The van der Waals surface area contributed by atoms with Crippen LogP contribution in [-0.2, 0) is 11.3 Å². The zero-order chi connectivity index (χ0) is 17.1. The Bertz CT molecular complexity index is 780. The van der Waals surface area contributed by atoms with Crippen LogP contribution in [0, 0.1) is 17.3 Å². The molecule has 6 rings (SSSR count). The third-order valence-corrected chi connectivity index (χ3v) is 6.57. The first-order valence-corrected chi connectivity index (χ1v) is 9.43. The van der Waals surface area contributed by atoms with Crippen molar-refractivity contribution < 1.29 is 9.90 Å². The number of hydrogen-bond donors (Lipinski definition) is 2. The van der Waals surface area contributed by atoms with Gasteiger partial charge in [-0.25, -0.2) is 4.98 Å². The number of aromatic nitrogens is 2. The van der Waals surface area contributed by atoms with E-state index in [9.17, 15) is 9.90 Å². The Balaban J connectivity index is 1.25. The minimum absolute atomic E-state index is 0.0296. The molecule has 4 aliphatic rings. The summed E-state index contributed by atoms with van der Waals surface area (Å²) in [6, 6.07) is 5.89. The highest BCUT2D eigenvalue weighted by atomic mass is 16.3. The lowest BCUT2D eigenvalue weighted by molar-refractivity contribution is -0.169. The normalized spacial score (nSPS) is 36.0. The predicted octanol–water partition coefficient (Wildman–Crippen LogP) is 2.67. The lowest BCUT2D eigenvalue weighted by Crippen LogP contribution is -2.56. The predicted molar refractivity (Wildman–Crippen MR) is 93.7 cm³/mol. The van der Waals surface area contributed by atoms with Crippen LogP contribution in [0.2, 0.25) is 0 Å². The molecule has 4 aliphatic carbocycles. The highest BCUT2D eigenvalue weighted by Crippen LogP contribution is 2.62. The van der Waals surface area contributed by atoms with Crippen LogP contribution < -0.4 is 5.32 Å². The molecule has 2 aromatic heterocycles. The number of carbonyl (C=O) groups excluding carboxylic acids is 1. The number of imidazole rings is 1. The Labute approximate surface area is 147 Å². The van der Waals surface area contributed by atoms with Crippen molar-refractivity contribution in [2.45, 2.75) is 57.1 Å². The van der Waals surface area contributed by atoms with Gasteiger partial charge in [0.25, 0.3) is 0 Å². The molecule has 4 atom stereocenters. The summed E-state index contributed by atoms with van der Waals surface area (Å²) in [4.78, 5) is 17.1. The van der Waals surface area contributed by atoms with Crippen LogP contribution in [0.1, 0.15) is 50.6 Å². The minimum Gasteiger partial charge on any atom is -0.390 e. The second kappa shape index (κ2) is 5.31. The van der Waals surface area contributed by atoms with Gasteiger partial charge in [0.15, 0.2) is 0 Å². The number of carbonyl (C=O) groups is 1. The summed E-state index contributed by atoms with van der Waals surface area (Å²) < 4.78 is 1.97. The van der Waals surface area contributed by atoms with Gasteiger partial charge in [0.1, 0.15) is 5.65 Å². The SMILES string of the molecule is O=C(CC12C[C@@H]3C[C@@H](CC(O)(C3)C1)C2)NCc1cn2ccccc2n1. The number of nitrogens with one attached hydrogen (secondary N) is 1. The smallest absolute Gasteiger partial charge is 0.220 e. The Morgan fingerprint density at radius 3 is 2.80 bits per heavy atom. The van der Waals surface area contributed by atoms with Gasteiger partial charge in [0.2, 0.25) is 5.91 Å². The monoisotopic (exact) mass is 339 g/mol. The third-order valence-electron chi connectivity index (χ3n) is 6.57. The van der Waals surface area contributed by atoms with Gasteiger partial charge < -0.3 is 14.8 Å². The number of pyridine rings is 1. The fraction of sp³-hybridized carbons (Fsp3) is 0.600. The van der Waals surface area contributed by atoms with Gasteiger partial charge in [-0.1, -0.05) is 6.07 Å². The molecular formula is C20H25N3O2. The standard InChI is InChI=1S/C20H25N3O2/c24-18(21-11-16-12-23-4-2-1-3-17(23)22-16)10-19-6-14-5-15(7-19)9-20(25,8-14)13-19/h1-4,12,14-15,25H,5-11,13H2,(H,21,24)/t14-,15+,19?,20?. The van der Waals surface area contributed by atoms with Crippen LogP contribution in [-0.4, -0.2) is 26.0 Å². The summed E-state index contributed by atoms with van der Waals surface area (Å²) in [5.74, 6) is 1.34. The van der Waals surface area contributed by atoms with E-state index in [0.717, 1.165) is 43.4 Å². The minimum atomic E-state index is -0.494. The molecule has 4 fully saturated rings. The average molecular weight is 339 g/mol. The van der Waals surface area contributed by atoms with Crippen LogP contribution in [0.3, 0.4) is 0 Å². The molecular weight excluding hydrogens is 314 g/mol. The van der Waals surface area contributed by atoms with Crippen molar-refractivity contribution in [2.24, 2.45) is 17.3 Å². The Hall–Kier alpha value is -1.88. The van der Waals surface area contributed by atoms with Crippen LogP contribution >= 0.6 is 0 Å². The van der Waals surface area contributed by atoms with Crippen molar-refractivity contribution in [2.75, 3.05) is 0 Å². The fourth-order valence-corrected chi connectivity index (χ4v) is 6.27. The fourth-order valence-electron chi connectivity index (χ4n) is 6.27. The Kier molecular flexibility index (Phi) is 3.26. The number of fused-ring (bicyclic) bond motifs is 1. The molecule has 1 amide bonds. The van der Waals surface area contributed by atoms with Gasteiger partial charge in [-0.2, -0.15) is 0 Å². The van der Waals surface area contributed by atoms with E-state index in [0.29, 0.717) is 24.8 Å². The number of rotatable bonds is 4. The zero-order valence-electron chi connectivity index (χ0n) is 14.4.